The molecule has 1 aliphatic rings. The number of carbonyl (C=O) groups excluding carboxylic acids is 2. The Labute approximate surface area is 182 Å². The van der Waals surface area contributed by atoms with E-state index in [1.165, 1.54) is 6.42 Å². The summed E-state index contributed by atoms with van der Waals surface area (Å²) in [5.74, 6) is 0.479. The summed E-state index contributed by atoms with van der Waals surface area (Å²) in [7, 11) is 0. The van der Waals surface area contributed by atoms with Gasteiger partial charge in [0.2, 0.25) is 0 Å². The van der Waals surface area contributed by atoms with E-state index in [1.54, 1.807) is 13.8 Å². The summed E-state index contributed by atoms with van der Waals surface area (Å²) in [5.41, 5.74) is 0.291. The SMILES string of the molecule is CC(=O)C(N=C(C)NC(=O)OC(C)(C)C)(c1cc(Br)ccc1C)C1CCCCC1. The Bertz CT molecular complexity index is 792. The molecule has 0 aliphatic heterocycles. The minimum absolute atomic E-state index is 0.00376. The number of halogens is 1. The lowest BCUT2D eigenvalue weighted by atomic mass is 9.68. The van der Waals surface area contributed by atoms with Crippen molar-refractivity contribution >= 4 is 33.6 Å². The molecule has 0 saturated heterocycles. The number of rotatable bonds is 4. The average Bonchev–Trinajstić information content (AvgIpc) is 2.60. The first-order chi connectivity index (χ1) is 13.5. The standard InChI is InChI=1S/C23H33BrN2O3/c1-15-12-13-19(24)14-20(15)23(16(2)27,18-10-8-7-9-11-18)26-17(3)25-21(28)29-22(4,5)6/h12-14,18H,7-11H2,1-6H3,(H,25,26,28). The number of aryl methyl sites for hydroxylation is 1. The van der Waals surface area contributed by atoms with Gasteiger partial charge in [-0.1, -0.05) is 41.3 Å². The lowest BCUT2D eigenvalue weighted by Gasteiger charge is -2.39. The molecular formula is C23H33BrN2O3. The maximum atomic E-state index is 13.2. The summed E-state index contributed by atoms with van der Waals surface area (Å²) in [6.45, 7) is 10.8. The average molecular weight is 465 g/mol. The molecule has 2 rings (SSSR count). The van der Waals surface area contributed by atoms with E-state index in [4.69, 9.17) is 9.73 Å². The number of Topliss-reactive ketones (excluding diaryl/α,β-unsaturated/α-hetero) is 1. The zero-order chi connectivity index (χ0) is 21.8. The van der Waals surface area contributed by atoms with Gasteiger partial charge in [0.1, 0.15) is 17.0 Å². The van der Waals surface area contributed by atoms with Crippen LogP contribution in [0.1, 0.15) is 77.8 Å². The maximum Gasteiger partial charge on any atom is 0.413 e. The van der Waals surface area contributed by atoms with Crippen LogP contribution in [0.2, 0.25) is 0 Å². The summed E-state index contributed by atoms with van der Waals surface area (Å²) in [5, 5.41) is 2.71. The Hall–Kier alpha value is -1.69. The lowest BCUT2D eigenvalue weighted by Crippen LogP contribution is -2.44. The summed E-state index contributed by atoms with van der Waals surface area (Å²) < 4.78 is 6.26. The summed E-state index contributed by atoms with van der Waals surface area (Å²) in [4.78, 5) is 30.4. The fourth-order valence-corrected chi connectivity index (χ4v) is 4.56. The number of ether oxygens (including phenoxy) is 1. The highest BCUT2D eigenvalue weighted by atomic mass is 79.9. The van der Waals surface area contributed by atoms with Gasteiger partial charge in [-0.2, -0.15) is 0 Å². The van der Waals surface area contributed by atoms with Crippen molar-refractivity contribution < 1.29 is 14.3 Å². The summed E-state index contributed by atoms with van der Waals surface area (Å²) >= 11 is 3.55. The van der Waals surface area contributed by atoms with Crippen molar-refractivity contribution in [2.75, 3.05) is 0 Å². The number of benzene rings is 1. The van der Waals surface area contributed by atoms with Crippen molar-refractivity contribution in [1.29, 1.82) is 0 Å². The molecule has 6 heteroatoms. The van der Waals surface area contributed by atoms with Crippen LogP contribution < -0.4 is 5.32 Å². The molecular weight excluding hydrogens is 432 g/mol. The monoisotopic (exact) mass is 464 g/mol. The van der Waals surface area contributed by atoms with Gasteiger partial charge in [-0.25, -0.2) is 4.79 Å². The van der Waals surface area contributed by atoms with Crippen molar-refractivity contribution in [3.8, 4) is 0 Å². The second-order valence-corrected chi connectivity index (χ2v) is 9.86. The fraction of sp³-hybridized carbons (Fsp3) is 0.609. The molecule has 0 spiro atoms. The Morgan fingerprint density at radius 1 is 1.14 bits per heavy atom. The largest absolute Gasteiger partial charge is 0.444 e. The van der Waals surface area contributed by atoms with Gasteiger partial charge in [0.05, 0.1) is 0 Å². The molecule has 5 nitrogen and oxygen atoms in total. The minimum Gasteiger partial charge on any atom is -0.444 e. The molecule has 160 valence electrons. The quantitative estimate of drug-likeness (QED) is 0.434. The van der Waals surface area contributed by atoms with Crippen LogP contribution in [0.4, 0.5) is 4.79 Å². The molecule has 1 aromatic carbocycles. The van der Waals surface area contributed by atoms with E-state index in [0.29, 0.717) is 5.84 Å². The lowest BCUT2D eigenvalue weighted by molar-refractivity contribution is -0.124. The first-order valence-corrected chi connectivity index (χ1v) is 11.1. The highest BCUT2D eigenvalue weighted by Gasteiger charge is 2.46. The van der Waals surface area contributed by atoms with Gasteiger partial charge in [0.25, 0.3) is 0 Å². The van der Waals surface area contributed by atoms with Gasteiger partial charge < -0.3 is 4.74 Å². The Morgan fingerprint density at radius 2 is 1.76 bits per heavy atom. The van der Waals surface area contributed by atoms with E-state index < -0.39 is 17.2 Å². The van der Waals surface area contributed by atoms with E-state index in [9.17, 15) is 9.59 Å². The number of nitrogens with one attached hydrogen (secondary N) is 1. The molecule has 1 fully saturated rings. The first kappa shape index (κ1) is 23.6. The molecule has 0 heterocycles. The predicted molar refractivity (Wildman–Crippen MR) is 120 cm³/mol. The number of nitrogens with zero attached hydrogens (tertiary/aromatic N) is 1. The molecule has 1 atom stereocenters. The van der Waals surface area contributed by atoms with Crippen LogP contribution in [0.15, 0.2) is 27.7 Å². The highest BCUT2D eigenvalue weighted by molar-refractivity contribution is 9.10. The third kappa shape index (κ3) is 5.91. The van der Waals surface area contributed by atoms with Gasteiger partial charge >= 0.3 is 6.09 Å². The fourth-order valence-electron chi connectivity index (χ4n) is 4.20. The van der Waals surface area contributed by atoms with Crippen LogP contribution in [-0.2, 0) is 15.1 Å². The molecule has 1 saturated carbocycles. The molecule has 0 radical (unpaired) electrons. The first-order valence-electron chi connectivity index (χ1n) is 10.3. The zero-order valence-corrected chi connectivity index (χ0v) is 20.0. The van der Waals surface area contributed by atoms with Crippen molar-refractivity contribution in [2.24, 2.45) is 10.9 Å². The minimum atomic E-state index is -1.02. The van der Waals surface area contributed by atoms with Crippen LogP contribution in [-0.4, -0.2) is 23.3 Å². The Balaban J connectivity index is 2.55. The second-order valence-electron chi connectivity index (χ2n) is 8.94. The Morgan fingerprint density at radius 3 is 2.31 bits per heavy atom. The molecule has 0 aromatic heterocycles. The molecule has 0 bridgehead atoms. The van der Waals surface area contributed by atoms with Crippen molar-refractivity contribution in [3.05, 3.63) is 33.8 Å². The van der Waals surface area contributed by atoms with Crippen molar-refractivity contribution in [2.45, 2.75) is 84.8 Å². The topological polar surface area (TPSA) is 67.8 Å². The van der Waals surface area contributed by atoms with Gasteiger partial charge in [0, 0.05) is 4.47 Å². The summed E-state index contributed by atoms with van der Waals surface area (Å²) in [6.07, 6.45) is 4.66. The number of ketones is 1. The predicted octanol–water partition coefficient (Wildman–Crippen LogP) is 6.07. The third-order valence-corrected chi connectivity index (χ3v) is 5.86. The maximum absolute atomic E-state index is 13.2. The number of amidine groups is 1. The third-order valence-electron chi connectivity index (χ3n) is 5.37. The van der Waals surface area contributed by atoms with Crippen LogP contribution >= 0.6 is 15.9 Å². The molecule has 1 aromatic rings. The second kappa shape index (κ2) is 9.41. The molecule has 29 heavy (non-hydrogen) atoms. The van der Waals surface area contributed by atoms with Crippen LogP contribution in [0.5, 0.6) is 0 Å². The van der Waals surface area contributed by atoms with Crippen LogP contribution in [0.3, 0.4) is 0 Å². The van der Waals surface area contributed by atoms with Crippen molar-refractivity contribution in [1.82, 2.24) is 5.32 Å². The zero-order valence-electron chi connectivity index (χ0n) is 18.4. The van der Waals surface area contributed by atoms with Crippen molar-refractivity contribution in [3.63, 3.8) is 0 Å². The number of carbonyl (C=O) groups is 2. The number of amides is 1. The van der Waals surface area contributed by atoms with Gasteiger partial charge in [-0.05, 0) is 83.6 Å². The van der Waals surface area contributed by atoms with E-state index in [1.807, 2.05) is 45.9 Å². The number of hydrogen-bond acceptors (Lipinski definition) is 4. The van der Waals surface area contributed by atoms with Gasteiger partial charge in [-0.15, -0.1) is 0 Å². The van der Waals surface area contributed by atoms with Gasteiger partial charge in [-0.3, -0.25) is 15.1 Å². The normalized spacial score (nSPS) is 18.1. The van der Waals surface area contributed by atoms with Crippen LogP contribution in [0.25, 0.3) is 0 Å². The molecule has 1 aliphatic carbocycles. The smallest absolute Gasteiger partial charge is 0.413 e. The van der Waals surface area contributed by atoms with Gasteiger partial charge in [0.15, 0.2) is 5.78 Å². The van der Waals surface area contributed by atoms with Crippen LogP contribution in [0, 0.1) is 12.8 Å². The van der Waals surface area contributed by atoms with E-state index >= 15 is 0 Å². The molecule has 1 amide bonds. The Kier molecular flexibility index (Phi) is 7.66. The highest BCUT2D eigenvalue weighted by Crippen LogP contribution is 2.45. The molecule has 1 unspecified atom stereocenters. The number of hydrogen-bond donors (Lipinski definition) is 1. The number of aliphatic imine (C=N–C) groups is 1. The molecule has 1 N–H and O–H groups in total. The summed E-state index contributed by atoms with van der Waals surface area (Å²) in [6, 6.07) is 5.97. The van der Waals surface area contributed by atoms with E-state index in [2.05, 4.69) is 21.2 Å². The number of alkyl carbamates (subject to hydrolysis) is 1. The van der Waals surface area contributed by atoms with E-state index in [0.717, 1.165) is 41.3 Å². The van der Waals surface area contributed by atoms with E-state index in [-0.39, 0.29) is 11.7 Å².